The van der Waals surface area contributed by atoms with E-state index in [-0.39, 0.29) is 260 Å². The van der Waals surface area contributed by atoms with Crippen molar-refractivity contribution in [3.63, 3.8) is 0 Å². The van der Waals surface area contributed by atoms with Gasteiger partial charge in [0.1, 0.15) is 30.3 Å². The molecule has 10 aromatic heterocycles. The summed E-state index contributed by atoms with van der Waals surface area (Å²) in [5.74, 6) is 2.54. The van der Waals surface area contributed by atoms with Crippen LogP contribution in [-0.2, 0) is 186 Å². The molecule has 0 aliphatic rings. The molecule has 27 heteroatoms. The smallest absolute Gasteiger partial charge is 0.190 e. The fourth-order valence-corrected chi connectivity index (χ4v) is 5.03. The third-order valence-electron chi connectivity index (χ3n) is 5.98. The topological polar surface area (TPSA) is 172 Å². The summed E-state index contributed by atoms with van der Waals surface area (Å²) in [7, 11) is 0. The summed E-state index contributed by atoms with van der Waals surface area (Å²) < 4.78 is 23.3. The van der Waals surface area contributed by atoms with Gasteiger partial charge in [-0.25, -0.2) is 15.0 Å². The summed E-state index contributed by atoms with van der Waals surface area (Å²) in [4.78, 5) is 28.5. The number of furan rings is 1. The molecule has 10 rings (SSSR count). The second kappa shape index (κ2) is 97.9. The second-order valence-electron chi connectivity index (χ2n) is 11.5. The predicted octanol–water partition coefficient (Wildman–Crippen LogP) is 17.7. The number of aromatic nitrogens is 8. The Morgan fingerprint density at radius 3 is 1.20 bits per heavy atom. The fraction of sp³-hybridized carbons (Fsp3) is 0.189. The van der Waals surface area contributed by atoms with E-state index in [1.807, 2.05) is 114 Å². The monoisotopic (exact) mass is 1550 g/mol. The molecule has 0 aromatic carbocycles. The first-order valence-corrected chi connectivity index (χ1v) is 21.6. The van der Waals surface area contributed by atoms with Crippen LogP contribution in [0, 0.1) is 144 Å². The average Bonchev–Trinajstić information content (AvgIpc) is 4.06. The molecule has 0 spiro atoms. The Balaban J connectivity index is -0.0000000270. The van der Waals surface area contributed by atoms with Crippen molar-refractivity contribution in [2.75, 3.05) is 0 Å². The van der Waals surface area contributed by atoms with Crippen molar-refractivity contribution in [2.45, 2.75) is 69.2 Å². The van der Waals surface area contributed by atoms with Crippen LogP contribution < -0.4 is 0 Å². The van der Waals surface area contributed by atoms with Gasteiger partial charge in [0.2, 0.25) is 0 Å². The van der Waals surface area contributed by atoms with Gasteiger partial charge < -0.3 is 101 Å². The Hall–Kier alpha value is -0.166. The maximum absolute atomic E-state index is 4.83. The van der Waals surface area contributed by atoms with Crippen LogP contribution >= 0.6 is 45.3 Å². The van der Waals surface area contributed by atoms with E-state index in [0.29, 0.717) is 0 Å². The van der Waals surface area contributed by atoms with E-state index >= 15 is 0 Å². The van der Waals surface area contributed by atoms with E-state index < -0.39 is 0 Å². The van der Waals surface area contributed by atoms with Crippen LogP contribution in [0.3, 0.4) is 0 Å². The van der Waals surface area contributed by atoms with Crippen LogP contribution in [0.4, 0.5) is 0 Å². The van der Waals surface area contributed by atoms with Gasteiger partial charge in [-0.2, -0.15) is 0 Å². The third kappa shape index (κ3) is 94.2. The van der Waals surface area contributed by atoms with E-state index in [1.165, 1.54) is 28.2 Å². The molecule has 0 bridgehead atoms. The third-order valence-corrected chi connectivity index (χ3v) is 8.90. The molecule has 10 aromatic rings. The number of H-pyrrole nitrogens is 1. The van der Waals surface area contributed by atoms with Crippen molar-refractivity contribution < 1.29 is 208 Å². The Kier molecular flexibility index (Phi) is 170. The zero-order valence-corrected chi connectivity index (χ0v) is 67.3. The Morgan fingerprint density at radius 1 is 0.450 bits per heavy atom. The molecule has 80 heavy (non-hydrogen) atoms. The van der Waals surface area contributed by atoms with Crippen LogP contribution in [0.1, 0.15) is 54.9 Å². The molecule has 0 aliphatic heterocycles. The van der Waals surface area contributed by atoms with Crippen LogP contribution in [0.5, 0.6) is 0 Å². The molecule has 0 aliphatic carbocycles. The number of oxazole rings is 3. The first-order valence-electron chi connectivity index (χ1n) is 18.0. The van der Waals surface area contributed by atoms with Gasteiger partial charge in [0.15, 0.2) is 18.7 Å². The second-order valence-corrected chi connectivity index (χ2v) is 15.6. The molecule has 0 saturated heterocycles. The minimum Gasteiger partial charge on any atom is -0.470 e. The van der Waals surface area contributed by atoms with Crippen LogP contribution in [0.15, 0.2) is 161 Å². The van der Waals surface area contributed by atoms with Crippen molar-refractivity contribution in [1.29, 1.82) is 0 Å². The van der Waals surface area contributed by atoms with E-state index in [4.69, 9.17) is 13.3 Å². The van der Waals surface area contributed by atoms with Gasteiger partial charge in [-0.15, -0.1) is 45.3 Å². The molecule has 0 fully saturated rings. The Bertz CT molecular complexity index is 1700. The fourth-order valence-electron chi connectivity index (χ4n) is 3.11. The van der Waals surface area contributed by atoms with Gasteiger partial charge >= 0.3 is 0 Å². The van der Waals surface area contributed by atoms with Gasteiger partial charge in [0.25, 0.3) is 0 Å². The summed E-state index contributed by atoms with van der Waals surface area (Å²) in [6.07, 6.45) is 18.0. The van der Waals surface area contributed by atoms with Crippen molar-refractivity contribution in [1.82, 2.24) is 40.0 Å². The number of thiazole rings is 3. The zero-order valence-electron chi connectivity index (χ0n) is 50.1. The maximum Gasteiger partial charge on any atom is 0.190 e. The van der Waals surface area contributed by atoms with E-state index in [0.717, 1.165) is 39.5 Å². The normalized spacial score (nSPS) is 6.62. The van der Waals surface area contributed by atoms with Crippen molar-refractivity contribution in [3.05, 3.63) is 268 Å². The van der Waals surface area contributed by atoms with Gasteiger partial charge in [-0.05, 0) is 98.0 Å². The standard InChI is InChI=1S/C5H7N.C5H6O.C5H6S.4C4H5NO.3C4H5NS.10CH3.10V/c3*1-5-3-2-4-6-5;1-4-2-6-3-5-4;1-4-2-5-3-6-4;1-4-5-2-3-6-4;1-4-2-3-6-5-4;1-4-2-6-3-5-4;1-4-2-5-3-6-4;1-4-5-2-3-6-4;;;;;;;;;;;;;;;;;;;;/h2-4,6H,1H3;2*2-4H,1H3;7*2-3H,1H3;10*1H3;;;;;;;;;;/q;;;;;;;;;;10*-1;;;;;;;;;;. The van der Waals surface area contributed by atoms with Crippen molar-refractivity contribution in [2.24, 2.45) is 0 Å². The van der Waals surface area contributed by atoms with E-state index in [9.17, 15) is 0 Å². The van der Waals surface area contributed by atoms with Gasteiger partial charge in [0, 0.05) is 249 Å². The maximum atomic E-state index is 4.83. The van der Waals surface area contributed by atoms with Gasteiger partial charge in [0.05, 0.1) is 46.1 Å². The van der Waals surface area contributed by atoms with E-state index in [2.05, 4.69) is 73.4 Å². The number of aromatic amines is 1. The SMILES string of the molecule is Cc1ccc[nH]1.Cc1ccco1.Cc1cccs1.Cc1ccon1.Cc1cnco1.Cc1cncs1.Cc1cocn1.Cc1cscn1.Cc1ncco1.Cc1nccs1.[CH3-].[CH3-].[CH3-].[CH3-].[CH3-].[CH3-].[CH3-].[CH3-].[CH3-].[CH3-].[V].[V].[V].[V].[V].[V].[V].[V].[V].[V]. The molecule has 0 saturated carbocycles. The number of hydrogen-bond donors (Lipinski definition) is 1. The molecule has 10 heterocycles. The predicted molar refractivity (Wildman–Crippen MR) is 308 cm³/mol. The number of thiophene rings is 1. The first kappa shape index (κ1) is 139. The average molecular weight is 1550 g/mol. The minimum absolute atomic E-state index is 0. The number of nitrogens with zero attached hydrogens (tertiary/aromatic N) is 7. The van der Waals surface area contributed by atoms with Crippen LogP contribution in [0.2, 0.25) is 0 Å². The number of aryl methyl sites for hydroxylation is 10. The Labute approximate surface area is 622 Å². The largest absolute Gasteiger partial charge is 0.470 e. The Morgan fingerprint density at radius 2 is 1.07 bits per heavy atom. The molecule has 0 unspecified atom stereocenters. The van der Waals surface area contributed by atoms with Crippen molar-refractivity contribution in [3.8, 4) is 0 Å². The number of hydrogen-bond acceptors (Lipinski definition) is 16. The number of rotatable bonds is 0. The van der Waals surface area contributed by atoms with Gasteiger partial charge in [-0.1, -0.05) is 11.2 Å². The zero-order chi connectivity index (χ0) is 44.1. The molecule has 1 N–H and O–H groups in total. The summed E-state index contributed by atoms with van der Waals surface area (Å²) in [6, 6.07) is 13.8. The summed E-state index contributed by atoms with van der Waals surface area (Å²) in [5, 5.41) is 10.7. The summed E-state index contributed by atoms with van der Waals surface area (Å²) in [5.41, 5.74) is 7.84. The van der Waals surface area contributed by atoms with Crippen molar-refractivity contribution >= 4 is 45.3 Å². The molecular weight excluding hydrogens is 1470 g/mol. The molecular formula is C53H84N8O5S4V10-10. The first-order chi connectivity index (χ1) is 28.9. The van der Waals surface area contributed by atoms with Crippen LogP contribution in [-0.4, -0.2) is 40.0 Å². The minimum atomic E-state index is 0. The quantitative estimate of drug-likeness (QED) is 0.143. The molecule has 0 atom stereocenters. The molecule has 450 valence electrons. The van der Waals surface area contributed by atoms with Gasteiger partial charge in [-0.3, -0.25) is 15.0 Å². The summed E-state index contributed by atoms with van der Waals surface area (Å²) in [6.45, 7) is 19.5. The molecule has 10 radical (unpaired) electrons. The van der Waals surface area contributed by atoms with E-state index in [1.54, 1.807) is 102 Å². The summed E-state index contributed by atoms with van der Waals surface area (Å²) >= 11 is 6.74. The molecule has 13 nitrogen and oxygen atoms in total. The van der Waals surface area contributed by atoms with Crippen LogP contribution in [0.25, 0.3) is 0 Å². The number of nitrogens with one attached hydrogen (secondary N) is 1. The molecule has 0 amide bonds.